The van der Waals surface area contributed by atoms with Crippen LogP contribution in [-0.2, 0) is 6.54 Å². The second-order valence-corrected chi connectivity index (χ2v) is 3.98. The smallest absolute Gasteiger partial charge is 0.358 e. The lowest BCUT2D eigenvalue weighted by molar-refractivity contribution is 0.0690. The second-order valence-electron chi connectivity index (χ2n) is 3.98. The summed E-state index contributed by atoms with van der Waals surface area (Å²) in [6.45, 7) is 6.07. The van der Waals surface area contributed by atoms with Crippen LogP contribution in [0.2, 0.25) is 0 Å². The predicted octanol–water partition coefficient (Wildman–Crippen LogP) is 0.418. The molecule has 0 aromatic carbocycles. The first-order valence-corrected chi connectivity index (χ1v) is 6.24. The molecule has 19 heavy (non-hydrogen) atoms. The highest BCUT2D eigenvalue weighted by atomic mass is 16.4. The molecule has 0 unspecified atom stereocenters. The molecule has 0 bridgehead atoms. The highest BCUT2D eigenvalue weighted by Crippen LogP contribution is 1.94. The normalized spacial score (nSPS) is 10.2. The quantitative estimate of drug-likeness (QED) is 0.747. The van der Waals surface area contributed by atoms with Gasteiger partial charge in [0.1, 0.15) is 0 Å². The summed E-state index contributed by atoms with van der Waals surface area (Å²) in [7, 11) is 0. The summed E-state index contributed by atoms with van der Waals surface area (Å²) in [4.78, 5) is 24.1. The summed E-state index contributed by atoms with van der Waals surface area (Å²) in [6.07, 6.45) is 2.24. The third kappa shape index (κ3) is 4.57. The van der Waals surface area contributed by atoms with Crippen LogP contribution in [0.5, 0.6) is 0 Å². The molecule has 0 aliphatic rings. The van der Waals surface area contributed by atoms with E-state index in [2.05, 4.69) is 15.6 Å². The highest BCUT2D eigenvalue weighted by molar-refractivity contribution is 5.84. The molecule has 1 rings (SSSR count). The number of nitrogens with zero attached hydrogens (tertiary/aromatic N) is 4. The fourth-order valence-electron chi connectivity index (χ4n) is 1.57. The first kappa shape index (κ1) is 14.9. The summed E-state index contributed by atoms with van der Waals surface area (Å²) in [5.74, 6) is -1.12. The van der Waals surface area contributed by atoms with Crippen molar-refractivity contribution in [2.45, 2.75) is 26.8 Å². The maximum atomic E-state index is 11.7. The molecule has 2 amide bonds. The zero-order chi connectivity index (χ0) is 14.3. The Balaban J connectivity index is 2.36. The Morgan fingerprint density at radius 1 is 1.47 bits per heavy atom. The van der Waals surface area contributed by atoms with Crippen LogP contribution in [0.3, 0.4) is 0 Å². The van der Waals surface area contributed by atoms with Gasteiger partial charge in [0.2, 0.25) is 0 Å². The van der Waals surface area contributed by atoms with Gasteiger partial charge in [-0.25, -0.2) is 14.3 Å². The molecule has 1 aromatic rings. The lowest BCUT2D eigenvalue weighted by Gasteiger charge is -2.20. The number of hydrogen-bond donors (Lipinski definition) is 2. The average molecular weight is 269 g/mol. The van der Waals surface area contributed by atoms with E-state index in [1.807, 2.05) is 13.8 Å². The van der Waals surface area contributed by atoms with Crippen LogP contribution in [0.25, 0.3) is 0 Å². The van der Waals surface area contributed by atoms with E-state index < -0.39 is 5.97 Å². The second kappa shape index (κ2) is 7.34. The maximum absolute atomic E-state index is 11.7. The van der Waals surface area contributed by atoms with Gasteiger partial charge >= 0.3 is 12.0 Å². The lowest BCUT2D eigenvalue weighted by Crippen LogP contribution is -2.41. The van der Waals surface area contributed by atoms with Crippen molar-refractivity contribution in [2.75, 3.05) is 19.6 Å². The topological polar surface area (TPSA) is 100 Å². The van der Waals surface area contributed by atoms with Gasteiger partial charge in [0.15, 0.2) is 5.69 Å². The van der Waals surface area contributed by atoms with Crippen molar-refractivity contribution in [3.05, 3.63) is 11.9 Å². The van der Waals surface area contributed by atoms with Gasteiger partial charge < -0.3 is 15.3 Å². The fraction of sp³-hybridized carbons (Fsp3) is 0.636. The van der Waals surface area contributed by atoms with Gasteiger partial charge in [-0.2, -0.15) is 0 Å². The minimum atomic E-state index is -1.12. The fourth-order valence-corrected chi connectivity index (χ4v) is 1.57. The van der Waals surface area contributed by atoms with Crippen molar-refractivity contribution in [1.29, 1.82) is 0 Å². The third-order valence-electron chi connectivity index (χ3n) is 2.54. The zero-order valence-electron chi connectivity index (χ0n) is 11.2. The number of carboxylic acids is 1. The predicted molar refractivity (Wildman–Crippen MR) is 67.9 cm³/mol. The molecule has 0 aliphatic carbocycles. The molecule has 8 heteroatoms. The SMILES string of the molecule is CCCN(CC)C(=O)NCCn1cc(C(=O)O)nn1. The zero-order valence-corrected chi connectivity index (χ0v) is 11.2. The summed E-state index contributed by atoms with van der Waals surface area (Å²) in [5.41, 5.74) is -0.104. The number of aromatic nitrogens is 3. The van der Waals surface area contributed by atoms with Crippen LogP contribution in [0, 0.1) is 0 Å². The van der Waals surface area contributed by atoms with Crippen molar-refractivity contribution < 1.29 is 14.7 Å². The Bertz CT molecular complexity index is 432. The number of urea groups is 1. The Morgan fingerprint density at radius 3 is 2.74 bits per heavy atom. The summed E-state index contributed by atoms with van der Waals surface area (Å²) in [5, 5.41) is 18.6. The van der Waals surface area contributed by atoms with E-state index in [4.69, 9.17) is 5.11 Å². The van der Waals surface area contributed by atoms with Gasteiger partial charge in [0.05, 0.1) is 12.7 Å². The van der Waals surface area contributed by atoms with Gasteiger partial charge in [-0.15, -0.1) is 5.10 Å². The number of nitrogens with one attached hydrogen (secondary N) is 1. The number of amides is 2. The van der Waals surface area contributed by atoms with Crippen LogP contribution < -0.4 is 5.32 Å². The molecule has 0 radical (unpaired) electrons. The van der Waals surface area contributed by atoms with Crippen molar-refractivity contribution in [3.63, 3.8) is 0 Å². The number of rotatable bonds is 7. The minimum Gasteiger partial charge on any atom is -0.476 e. The Kier molecular flexibility index (Phi) is 5.77. The van der Waals surface area contributed by atoms with E-state index in [0.29, 0.717) is 19.6 Å². The number of carbonyl (C=O) groups is 2. The Labute approximate surface area is 111 Å². The van der Waals surface area contributed by atoms with Gasteiger partial charge in [0, 0.05) is 19.6 Å². The number of aromatic carboxylic acids is 1. The summed E-state index contributed by atoms with van der Waals surface area (Å²) >= 11 is 0. The van der Waals surface area contributed by atoms with Crippen LogP contribution in [0.4, 0.5) is 4.79 Å². The molecule has 0 saturated heterocycles. The molecule has 0 spiro atoms. The number of hydrogen-bond acceptors (Lipinski definition) is 4. The van der Waals surface area contributed by atoms with Crippen molar-refractivity contribution in [2.24, 2.45) is 0 Å². The van der Waals surface area contributed by atoms with E-state index in [9.17, 15) is 9.59 Å². The summed E-state index contributed by atoms with van der Waals surface area (Å²) < 4.78 is 1.39. The molecule has 0 atom stereocenters. The largest absolute Gasteiger partial charge is 0.476 e. The van der Waals surface area contributed by atoms with Gasteiger partial charge in [-0.1, -0.05) is 12.1 Å². The van der Waals surface area contributed by atoms with Crippen molar-refractivity contribution in [1.82, 2.24) is 25.2 Å². The molecule has 0 aliphatic heterocycles. The van der Waals surface area contributed by atoms with Crippen LogP contribution in [0.1, 0.15) is 30.8 Å². The Hall–Kier alpha value is -2.12. The number of carbonyl (C=O) groups excluding carboxylic acids is 1. The van der Waals surface area contributed by atoms with E-state index >= 15 is 0 Å². The van der Waals surface area contributed by atoms with Crippen molar-refractivity contribution >= 4 is 12.0 Å². The molecule has 0 fully saturated rings. The van der Waals surface area contributed by atoms with Crippen LogP contribution in [-0.4, -0.2) is 56.6 Å². The van der Waals surface area contributed by atoms with E-state index in [1.54, 1.807) is 4.90 Å². The summed E-state index contributed by atoms with van der Waals surface area (Å²) in [6, 6.07) is -0.122. The van der Waals surface area contributed by atoms with Crippen LogP contribution >= 0.6 is 0 Å². The molecule has 2 N–H and O–H groups in total. The molecule has 1 heterocycles. The molecular formula is C11H19N5O3. The molecule has 106 valence electrons. The minimum absolute atomic E-state index is 0.104. The maximum Gasteiger partial charge on any atom is 0.358 e. The van der Waals surface area contributed by atoms with Gasteiger partial charge in [-0.05, 0) is 13.3 Å². The number of carboxylic acid groups (broad SMARTS) is 1. The van der Waals surface area contributed by atoms with Gasteiger partial charge in [0.25, 0.3) is 0 Å². The average Bonchev–Trinajstić information content (AvgIpc) is 2.84. The first-order chi connectivity index (χ1) is 9.08. The molecular weight excluding hydrogens is 250 g/mol. The van der Waals surface area contributed by atoms with E-state index in [1.165, 1.54) is 10.9 Å². The lowest BCUT2D eigenvalue weighted by atomic mass is 10.4. The Morgan fingerprint density at radius 2 is 2.21 bits per heavy atom. The van der Waals surface area contributed by atoms with Gasteiger partial charge in [-0.3, -0.25) is 0 Å². The molecule has 8 nitrogen and oxygen atoms in total. The molecule has 1 aromatic heterocycles. The monoisotopic (exact) mass is 269 g/mol. The molecule has 0 saturated carbocycles. The van der Waals surface area contributed by atoms with E-state index in [-0.39, 0.29) is 11.7 Å². The van der Waals surface area contributed by atoms with E-state index in [0.717, 1.165) is 13.0 Å². The standard InChI is InChI=1S/C11H19N5O3/c1-3-6-15(4-2)11(19)12-5-7-16-8-9(10(17)18)13-14-16/h8H,3-7H2,1-2H3,(H,12,19)(H,17,18). The first-order valence-electron chi connectivity index (χ1n) is 6.24. The highest BCUT2D eigenvalue weighted by Gasteiger charge is 2.10. The third-order valence-corrected chi connectivity index (χ3v) is 2.54. The van der Waals surface area contributed by atoms with Crippen LogP contribution in [0.15, 0.2) is 6.20 Å². The van der Waals surface area contributed by atoms with Crippen molar-refractivity contribution in [3.8, 4) is 0 Å².